The normalized spacial score (nSPS) is 12.7. The molecule has 1 atom stereocenters. The lowest BCUT2D eigenvalue weighted by molar-refractivity contribution is 0.551. The molecule has 0 aliphatic carbocycles. The van der Waals surface area contributed by atoms with E-state index in [2.05, 4.69) is 26.3 Å². The van der Waals surface area contributed by atoms with Crippen LogP contribution >= 0.6 is 27.5 Å². The van der Waals surface area contributed by atoms with E-state index in [-0.39, 0.29) is 11.1 Å². The summed E-state index contributed by atoms with van der Waals surface area (Å²) in [5.41, 5.74) is 1.34. The molecule has 0 aliphatic heterocycles. The van der Waals surface area contributed by atoms with Gasteiger partial charge in [0, 0.05) is 12.6 Å². The van der Waals surface area contributed by atoms with Crippen LogP contribution in [0.2, 0.25) is 5.02 Å². The van der Waals surface area contributed by atoms with Crippen LogP contribution in [0.5, 0.6) is 0 Å². The average molecular weight is 333 g/mol. The fraction of sp³-hybridized carbons (Fsp3) is 0.250. The molecule has 1 N–H and O–H groups in total. The first-order chi connectivity index (χ1) is 8.56. The van der Waals surface area contributed by atoms with E-state index < -0.39 is 5.82 Å². The van der Waals surface area contributed by atoms with Crippen molar-refractivity contribution in [3.05, 3.63) is 51.0 Å². The Hall–Kier alpha value is -0.910. The van der Waals surface area contributed by atoms with Crippen LogP contribution in [0.3, 0.4) is 0 Å². The molecule has 2 aromatic rings. The van der Waals surface area contributed by atoms with Gasteiger partial charge in [-0.3, -0.25) is 4.68 Å². The fourth-order valence-electron chi connectivity index (χ4n) is 1.93. The Balaban J connectivity index is 2.56. The molecule has 0 amide bonds. The van der Waals surface area contributed by atoms with Gasteiger partial charge in [0.1, 0.15) is 5.82 Å². The Morgan fingerprint density at radius 1 is 1.50 bits per heavy atom. The Bertz CT molecular complexity index is 551. The van der Waals surface area contributed by atoms with Crippen LogP contribution in [-0.4, -0.2) is 16.8 Å². The summed E-state index contributed by atoms with van der Waals surface area (Å²) >= 11 is 9.24. The number of nitrogens with one attached hydrogen (secondary N) is 1. The third-order valence-electron chi connectivity index (χ3n) is 2.79. The van der Waals surface area contributed by atoms with Crippen molar-refractivity contribution in [3.63, 3.8) is 0 Å². The molecular weight excluding hydrogens is 321 g/mol. The van der Waals surface area contributed by atoms with Crippen molar-refractivity contribution in [1.82, 2.24) is 15.1 Å². The second kappa shape index (κ2) is 5.38. The lowest BCUT2D eigenvalue weighted by Gasteiger charge is -2.18. The van der Waals surface area contributed by atoms with Gasteiger partial charge in [-0.2, -0.15) is 5.10 Å². The lowest BCUT2D eigenvalue weighted by Crippen LogP contribution is -2.22. The molecule has 0 spiro atoms. The molecule has 0 saturated carbocycles. The van der Waals surface area contributed by atoms with Crippen molar-refractivity contribution in [3.8, 4) is 0 Å². The molecule has 1 aromatic heterocycles. The summed E-state index contributed by atoms with van der Waals surface area (Å²) in [6.07, 6.45) is 1.68. The van der Waals surface area contributed by atoms with Crippen molar-refractivity contribution in [2.45, 2.75) is 6.04 Å². The first-order valence-corrected chi connectivity index (χ1v) is 6.52. The number of rotatable bonds is 3. The van der Waals surface area contributed by atoms with Crippen LogP contribution in [0, 0.1) is 5.82 Å². The van der Waals surface area contributed by atoms with E-state index in [1.165, 1.54) is 6.07 Å². The van der Waals surface area contributed by atoms with Crippen molar-refractivity contribution < 1.29 is 4.39 Å². The van der Waals surface area contributed by atoms with Crippen molar-refractivity contribution >= 4 is 27.5 Å². The van der Waals surface area contributed by atoms with E-state index in [1.54, 1.807) is 30.1 Å². The average Bonchev–Trinajstić information content (AvgIpc) is 2.67. The van der Waals surface area contributed by atoms with Crippen molar-refractivity contribution in [2.75, 3.05) is 7.05 Å². The van der Waals surface area contributed by atoms with E-state index in [1.807, 2.05) is 7.05 Å². The highest BCUT2D eigenvalue weighted by Gasteiger charge is 2.22. The molecule has 0 bridgehead atoms. The first kappa shape index (κ1) is 13.5. The maximum absolute atomic E-state index is 14.1. The second-order valence-electron chi connectivity index (χ2n) is 3.87. The zero-order valence-corrected chi connectivity index (χ0v) is 12.3. The molecule has 6 heteroatoms. The number of hydrogen-bond acceptors (Lipinski definition) is 2. The number of benzene rings is 1. The minimum Gasteiger partial charge on any atom is -0.308 e. The highest BCUT2D eigenvalue weighted by atomic mass is 79.9. The molecule has 1 heterocycles. The lowest BCUT2D eigenvalue weighted by atomic mass is 10.0. The summed E-state index contributed by atoms with van der Waals surface area (Å²) in [7, 11) is 3.58. The van der Waals surface area contributed by atoms with Crippen molar-refractivity contribution in [1.29, 1.82) is 0 Å². The summed E-state index contributed by atoms with van der Waals surface area (Å²) < 4.78 is 16.6. The van der Waals surface area contributed by atoms with E-state index in [4.69, 9.17) is 11.6 Å². The minimum absolute atomic E-state index is 0.117. The maximum atomic E-state index is 14.1. The molecule has 0 aliphatic rings. The van der Waals surface area contributed by atoms with E-state index >= 15 is 0 Å². The van der Waals surface area contributed by atoms with Crippen LogP contribution < -0.4 is 5.32 Å². The quantitative estimate of drug-likeness (QED) is 0.935. The SMILES string of the molecule is CNC(c1cccc(Cl)c1F)c1c(Br)cnn1C. The van der Waals surface area contributed by atoms with Gasteiger partial charge in [0.2, 0.25) is 0 Å². The highest BCUT2D eigenvalue weighted by Crippen LogP contribution is 2.31. The van der Waals surface area contributed by atoms with Gasteiger partial charge in [0.15, 0.2) is 0 Å². The Morgan fingerprint density at radius 2 is 2.22 bits per heavy atom. The number of aromatic nitrogens is 2. The first-order valence-electron chi connectivity index (χ1n) is 5.34. The second-order valence-corrected chi connectivity index (χ2v) is 5.13. The predicted octanol–water partition coefficient (Wildman–Crippen LogP) is 3.28. The van der Waals surface area contributed by atoms with Gasteiger partial charge in [-0.05, 0) is 29.0 Å². The number of nitrogens with zero attached hydrogens (tertiary/aromatic N) is 2. The van der Waals surface area contributed by atoms with E-state index in [0.29, 0.717) is 5.56 Å². The van der Waals surface area contributed by atoms with Crippen LogP contribution in [0.4, 0.5) is 4.39 Å². The summed E-state index contributed by atoms with van der Waals surface area (Å²) in [5, 5.41) is 7.33. The van der Waals surface area contributed by atoms with Gasteiger partial charge >= 0.3 is 0 Å². The summed E-state index contributed by atoms with van der Waals surface area (Å²) in [4.78, 5) is 0. The zero-order valence-electron chi connectivity index (χ0n) is 9.92. The molecule has 0 saturated heterocycles. The Kier molecular flexibility index (Phi) is 4.04. The zero-order chi connectivity index (χ0) is 13.3. The smallest absolute Gasteiger partial charge is 0.146 e. The molecular formula is C12H12BrClFN3. The van der Waals surface area contributed by atoms with Gasteiger partial charge in [0.05, 0.1) is 27.4 Å². The minimum atomic E-state index is -0.411. The largest absolute Gasteiger partial charge is 0.308 e. The predicted molar refractivity (Wildman–Crippen MR) is 73.2 cm³/mol. The van der Waals surface area contributed by atoms with Crippen LogP contribution in [-0.2, 0) is 7.05 Å². The molecule has 96 valence electrons. The molecule has 0 radical (unpaired) electrons. The highest BCUT2D eigenvalue weighted by molar-refractivity contribution is 9.10. The fourth-order valence-corrected chi connectivity index (χ4v) is 2.69. The molecule has 18 heavy (non-hydrogen) atoms. The van der Waals surface area contributed by atoms with Crippen LogP contribution in [0.15, 0.2) is 28.9 Å². The van der Waals surface area contributed by atoms with Gasteiger partial charge < -0.3 is 5.32 Å². The van der Waals surface area contributed by atoms with Gasteiger partial charge in [0.25, 0.3) is 0 Å². The van der Waals surface area contributed by atoms with E-state index in [9.17, 15) is 4.39 Å². The Labute approximate surface area is 118 Å². The Morgan fingerprint density at radius 3 is 2.78 bits per heavy atom. The third-order valence-corrected chi connectivity index (χ3v) is 3.70. The standard InChI is InChI=1S/C12H12BrClFN3/c1-16-11(12-8(13)6-17-18(12)2)7-4-3-5-9(14)10(7)15/h3-6,11,16H,1-2H3. The topological polar surface area (TPSA) is 29.9 Å². The van der Waals surface area contributed by atoms with Gasteiger partial charge in [-0.25, -0.2) is 4.39 Å². The van der Waals surface area contributed by atoms with Crippen LogP contribution in [0.25, 0.3) is 0 Å². The maximum Gasteiger partial charge on any atom is 0.146 e. The summed E-state index contributed by atoms with van der Waals surface area (Å²) in [6, 6.07) is 4.66. The van der Waals surface area contributed by atoms with Gasteiger partial charge in [-0.15, -0.1) is 0 Å². The van der Waals surface area contributed by atoms with Crippen molar-refractivity contribution in [2.24, 2.45) is 7.05 Å². The number of hydrogen-bond donors (Lipinski definition) is 1. The molecule has 3 nitrogen and oxygen atoms in total. The summed E-state index contributed by atoms with van der Waals surface area (Å²) in [5.74, 6) is -0.411. The monoisotopic (exact) mass is 331 g/mol. The molecule has 2 rings (SSSR count). The van der Waals surface area contributed by atoms with Crippen LogP contribution in [0.1, 0.15) is 17.3 Å². The number of aryl methyl sites for hydroxylation is 1. The molecule has 1 aromatic carbocycles. The van der Waals surface area contributed by atoms with Gasteiger partial charge in [-0.1, -0.05) is 23.7 Å². The summed E-state index contributed by atoms with van der Waals surface area (Å²) in [6.45, 7) is 0. The van der Waals surface area contributed by atoms with E-state index in [0.717, 1.165) is 10.2 Å². The third kappa shape index (κ3) is 2.30. The molecule has 1 unspecified atom stereocenters. The molecule has 0 fully saturated rings. The number of halogens is 3.